The molecule has 0 amide bonds. The van der Waals surface area contributed by atoms with E-state index < -0.39 is 0 Å². The minimum Gasteiger partial charge on any atom is -0.311 e. The summed E-state index contributed by atoms with van der Waals surface area (Å²) in [6.07, 6.45) is 0. The van der Waals surface area contributed by atoms with Crippen molar-refractivity contribution in [3.63, 3.8) is 0 Å². The average molecular weight is 855 g/mol. The molecule has 0 atom stereocenters. The van der Waals surface area contributed by atoms with E-state index in [1.807, 2.05) is 0 Å². The second kappa shape index (κ2) is 15.1. The third kappa shape index (κ3) is 6.03. The molecular formula is C65H46N2. The van der Waals surface area contributed by atoms with Crippen LogP contribution in [0.4, 0.5) is 17.1 Å². The zero-order chi connectivity index (χ0) is 44.8. The average Bonchev–Trinajstić information content (AvgIpc) is 3.97. The van der Waals surface area contributed by atoms with Crippen molar-refractivity contribution in [1.82, 2.24) is 4.57 Å². The van der Waals surface area contributed by atoms with Crippen molar-refractivity contribution in [2.45, 2.75) is 19.3 Å². The Morgan fingerprint density at radius 1 is 0.358 bits per heavy atom. The number of rotatable bonds is 7. The maximum absolute atomic E-state index is 4.57. The fourth-order valence-corrected chi connectivity index (χ4v) is 11.3. The van der Waals surface area contributed by atoms with Crippen LogP contribution in [0.1, 0.15) is 36.1 Å². The van der Waals surface area contributed by atoms with Gasteiger partial charge in [0.2, 0.25) is 0 Å². The first-order chi connectivity index (χ1) is 32.9. The topological polar surface area (TPSA) is 8.17 Å². The summed E-state index contributed by atoms with van der Waals surface area (Å²) in [6, 6.07) is 84.6. The van der Waals surface area contributed by atoms with Gasteiger partial charge in [-0.2, -0.15) is 0 Å². The maximum atomic E-state index is 4.57. The van der Waals surface area contributed by atoms with Gasteiger partial charge in [0, 0.05) is 38.8 Å². The summed E-state index contributed by atoms with van der Waals surface area (Å²) in [4.78, 5) is 2.37. The molecule has 2 aliphatic carbocycles. The first-order valence-electron chi connectivity index (χ1n) is 23.3. The summed E-state index contributed by atoms with van der Waals surface area (Å²) < 4.78 is 2.50. The number of hydrogen-bond donors (Lipinski definition) is 0. The van der Waals surface area contributed by atoms with Crippen LogP contribution < -0.4 is 4.90 Å². The Balaban J connectivity index is 0.937. The summed E-state index contributed by atoms with van der Waals surface area (Å²) in [6.45, 7) is 9.34. The van der Waals surface area contributed by atoms with E-state index >= 15 is 0 Å². The van der Waals surface area contributed by atoms with E-state index in [2.05, 4.69) is 260 Å². The molecule has 67 heavy (non-hydrogen) atoms. The van der Waals surface area contributed by atoms with Gasteiger partial charge in [0.25, 0.3) is 0 Å². The quantitative estimate of drug-likeness (QED) is 0.155. The monoisotopic (exact) mass is 854 g/mol. The third-order valence-electron chi connectivity index (χ3n) is 14.5. The molecule has 0 spiro atoms. The Morgan fingerprint density at radius 2 is 0.836 bits per heavy atom. The summed E-state index contributed by atoms with van der Waals surface area (Å²) >= 11 is 0. The van der Waals surface area contributed by atoms with Gasteiger partial charge >= 0.3 is 0 Å². The molecule has 0 aliphatic heterocycles. The summed E-state index contributed by atoms with van der Waals surface area (Å²) in [7, 11) is 0. The first-order valence-corrected chi connectivity index (χ1v) is 23.3. The van der Waals surface area contributed by atoms with Crippen molar-refractivity contribution in [1.29, 1.82) is 0 Å². The number of anilines is 3. The second-order valence-corrected chi connectivity index (χ2v) is 18.6. The highest BCUT2D eigenvalue weighted by molar-refractivity contribution is 6.10. The number of hydrogen-bond acceptors (Lipinski definition) is 1. The van der Waals surface area contributed by atoms with E-state index in [9.17, 15) is 0 Å². The van der Waals surface area contributed by atoms with Gasteiger partial charge in [-0.05, 0) is 139 Å². The predicted octanol–water partition coefficient (Wildman–Crippen LogP) is 17.6. The van der Waals surface area contributed by atoms with Crippen LogP contribution in [0.25, 0.3) is 88.7 Å². The zero-order valence-electron chi connectivity index (χ0n) is 37.5. The van der Waals surface area contributed by atoms with Crippen LogP contribution in [0.3, 0.4) is 0 Å². The molecule has 0 fully saturated rings. The molecule has 0 bridgehead atoms. The van der Waals surface area contributed by atoms with E-state index in [0.29, 0.717) is 0 Å². The molecule has 11 aromatic rings. The smallest absolute Gasteiger partial charge is 0.0549 e. The molecule has 0 radical (unpaired) electrons. The van der Waals surface area contributed by atoms with Crippen molar-refractivity contribution in [2.24, 2.45) is 0 Å². The van der Waals surface area contributed by atoms with E-state index in [0.717, 1.165) is 22.6 Å². The maximum Gasteiger partial charge on any atom is 0.0549 e. The SMILES string of the molecule is C=C1c2ccccc2-c2cccc(-c3ccc(N(c4ccc(-c5ccccc5)cc4)c4ccc(-c5cc(-n6c7ccccc7c7ccccc76)c6c(c5)C(C)(C)c5ccccc5-6)cc4)cc3)c21. The highest BCUT2D eigenvalue weighted by Crippen LogP contribution is 2.54. The van der Waals surface area contributed by atoms with Gasteiger partial charge in [0.15, 0.2) is 0 Å². The molecule has 1 heterocycles. The third-order valence-corrected chi connectivity index (χ3v) is 14.5. The Hall–Kier alpha value is -8.46. The molecule has 0 unspecified atom stereocenters. The van der Waals surface area contributed by atoms with Gasteiger partial charge < -0.3 is 9.47 Å². The molecule has 0 saturated carbocycles. The predicted molar refractivity (Wildman–Crippen MR) is 283 cm³/mol. The molecule has 0 N–H and O–H groups in total. The lowest BCUT2D eigenvalue weighted by Gasteiger charge is -2.26. The van der Waals surface area contributed by atoms with Gasteiger partial charge in [-0.15, -0.1) is 0 Å². The van der Waals surface area contributed by atoms with Gasteiger partial charge in [0.05, 0.1) is 16.7 Å². The molecule has 13 rings (SSSR count). The molecule has 2 nitrogen and oxygen atoms in total. The van der Waals surface area contributed by atoms with Crippen LogP contribution >= 0.6 is 0 Å². The van der Waals surface area contributed by atoms with Crippen LogP contribution in [0.5, 0.6) is 0 Å². The van der Waals surface area contributed by atoms with Crippen LogP contribution in [0, 0.1) is 0 Å². The number of fused-ring (bicyclic) bond motifs is 9. The van der Waals surface area contributed by atoms with Gasteiger partial charge in [-0.3, -0.25) is 0 Å². The molecule has 10 aromatic carbocycles. The molecular weight excluding hydrogens is 809 g/mol. The van der Waals surface area contributed by atoms with E-state index in [1.54, 1.807) is 0 Å². The van der Waals surface area contributed by atoms with E-state index in [1.165, 1.54) is 105 Å². The van der Waals surface area contributed by atoms with E-state index in [4.69, 9.17) is 0 Å². The van der Waals surface area contributed by atoms with Gasteiger partial charge in [-0.25, -0.2) is 0 Å². The van der Waals surface area contributed by atoms with Crippen molar-refractivity contribution in [3.8, 4) is 61.3 Å². The van der Waals surface area contributed by atoms with Crippen molar-refractivity contribution < 1.29 is 0 Å². The zero-order valence-corrected chi connectivity index (χ0v) is 37.5. The standard InChI is InChI=1S/C65H46N2/c1-42-51-18-7-8-19-53(51)56-24-15-23-52(63(42)56)46-32-38-50(39-33-46)66(48-34-28-44(29-35-48)43-16-5-4-6-17-43)49-36-30-45(31-37-49)47-40-59-64(57-22-9-12-25-58(57)65(59,2)3)62(41-47)67-60-26-13-10-20-54(60)55-21-11-14-27-61(55)67/h4-41H,1H2,2-3H3. The summed E-state index contributed by atoms with van der Waals surface area (Å²) in [5.41, 5.74) is 25.2. The highest BCUT2D eigenvalue weighted by Gasteiger charge is 2.38. The number of aromatic nitrogens is 1. The normalized spacial score (nSPS) is 13.1. The Kier molecular flexibility index (Phi) is 8.75. The molecule has 0 saturated heterocycles. The lowest BCUT2D eigenvalue weighted by Crippen LogP contribution is -2.15. The number of nitrogens with zero attached hydrogens (tertiary/aromatic N) is 2. The summed E-state index contributed by atoms with van der Waals surface area (Å²) in [5, 5.41) is 2.53. The highest BCUT2D eigenvalue weighted by atomic mass is 15.1. The minimum absolute atomic E-state index is 0.179. The largest absolute Gasteiger partial charge is 0.311 e. The van der Waals surface area contributed by atoms with Crippen molar-refractivity contribution in [2.75, 3.05) is 4.90 Å². The fraction of sp³-hybridized carbons (Fsp3) is 0.0462. The lowest BCUT2D eigenvalue weighted by molar-refractivity contribution is 0.660. The van der Waals surface area contributed by atoms with E-state index in [-0.39, 0.29) is 5.41 Å². The second-order valence-electron chi connectivity index (χ2n) is 18.6. The minimum atomic E-state index is -0.179. The Bertz CT molecular complexity index is 3700. The van der Waals surface area contributed by atoms with Crippen LogP contribution in [0.2, 0.25) is 0 Å². The van der Waals surface area contributed by atoms with Gasteiger partial charge in [-0.1, -0.05) is 190 Å². The summed E-state index contributed by atoms with van der Waals surface area (Å²) in [5.74, 6) is 0. The Labute approximate surface area is 392 Å². The number of benzene rings is 10. The van der Waals surface area contributed by atoms with Crippen LogP contribution in [-0.4, -0.2) is 4.57 Å². The lowest BCUT2D eigenvalue weighted by atomic mass is 9.81. The molecule has 2 aliphatic rings. The first kappa shape index (κ1) is 39.0. The molecule has 1 aromatic heterocycles. The Morgan fingerprint density at radius 3 is 1.48 bits per heavy atom. The number of para-hydroxylation sites is 2. The van der Waals surface area contributed by atoms with Crippen molar-refractivity contribution in [3.05, 3.63) is 259 Å². The van der Waals surface area contributed by atoms with Crippen molar-refractivity contribution >= 4 is 44.4 Å². The molecule has 2 heteroatoms. The van der Waals surface area contributed by atoms with Crippen LogP contribution in [-0.2, 0) is 5.41 Å². The fourth-order valence-electron chi connectivity index (χ4n) is 11.3. The molecule has 316 valence electrons. The van der Waals surface area contributed by atoms with Crippen LogP contribution in [0.15, 0.2) is 237 Å². The van der Waals surface area contributed by atoms with Gasteiger partial charge in [0.1, 0.15) is 0 Å².